The topological polar surface area (TPSA) is 103 Å². The van der Waals surface area contributed by atoms with Crippen molar-refractivity contribution in [1.82, 2.24) is 5.32 Å². The number of benzene rings is 1. The smallest absolute Gasteiger partial charge is 0.341 e. The fraction of sp³-hybridized carbons (Fsp3) is 0.522. The molecule has 31 heavy (non-hydrogen) atoms. The summed E-state index contributed by atoms with van der Waals surface area (Å²) in [6.07, 6.45) is 4.05. The second-order valence-electron chi connectivity index (χ2n) is 7.40. The van der Waals surface area contributed by atoms with Gasteiger partial charge in [0.25, 0.3) is 0 Å². The number of ether oxygens (including phenoxy) is 3. The molecule has 0 aliphatic carbocycles. The third-order valence-corrected chi connectivity index (χ3v) is 5.10. The molecule has 1 aliphatic rings. The Bertz CT molecular complexity index is 876. The Labute approximate surface area is 183 Å². The summed E-state index contributed by atoms with van der Waals surface area (Å²) in [5, 5.41) is 5.49. The number of carbonyl (C=O) groups excluding carboxylic acids is 3. The van der Waals surface area contributed by atoms with E-state index in [0.717, 1.165) is 23.1 Å². The van der Waals surface area contributed by atoms with E-state index in [0.29, 0.717) is 55.0 Å². The quantitative estimate of drug-likeness (QED) is 0.427. The summed E-state index contributed by atoms with van der Waals surface area (Å²) in [6, 6.07) is -0.407. The van der Waals surface area contributed by atoms with Crippen molar-refractivity contribution >= 4 is 23.7 Å². The lowest BCUT2D eigenvalue weighted by Gasteiger charge is -2.20. The van der Waals surface area contributed by atoms with Gasteiger partial charge < -0.3 is 24.8 Å². The first-order valence-electron chi connectivity index (χ1n) is 10.6. The lowest BCUT2D eigenvalue weighted by atomic mass is 9.93. The highest BCUT2D eigenvalue weighted by Gasteiger charge is 2.32. The number of hydrogen-bond acceptors (Lipinski definition) is 6. The van der Waals surface area contributed by atoms with Crippen LogP contribution in [0.1, 0.15) is 67.1 Å². The van der Waals surface area contributed by atoms with Crippen LogP contribution in [0.5, 0.6) is 5.75 Å². The zero-order chi connectivity index (χ0) is 23.0. The number of cyclic esters (lactones) is 1. The van der Waals surface area contributed by atoms with Gasteiger partial charge in [0.15, 0.2) is 0 Å². The molecule has 1 aromatic rings. The second kappa shape index (κ2) is 11.4. The van der Waals surface area contributed by atoms with Crippen LogP contribution in [-0.4, -0.2) is 38.2 Å². The van der Waals surface area contributed by atoms with E-state index >= 15 is 0 Å². The number of hydrogen-bond donors (Lipinski definition) is 2. The molecule has 170 valence electrons. The van der Waals surface area contributed by atoms with Gasteiger partial charge in [-0.2, -0.15) is 0 Å². The maximum Gasteiger partial charge on any atom is 0.341 e. The van der Waals surface area contributed by atoms with E-state index in [9.17, 15) is 14.4 Å². The number of urea groups is 1. The van der Waals surface area contributed by atoms with Gasteiger partial charge in [-0.3, -0.25) is 4.79 Å². The van der Waals surface area contributed by atoms with Crippen LogP contribution in [0.15, 0.2) is 11.6 Å². The number of amides is 2. The van der Waals surface area contributed by atoms with Crippen LogP contribution in [0.2, 0.25) is 0 Å². The number of rotatable bonds is 10. The lowest BCUT2D eigenvalue weighted by molar-refractivity contribution is -0.143. The monoisotopic (exact) mass is 432 g/mol. The van der Waals surface area contributed by atoms with Gasteiger partial charge in [-0.1, -0.05) is 18.6 Å². The van der Waals surface area contributed by atoms with E-state index in [1.165, 1.54) is 0 Å². The Morgan fingerprint density at radius 3 is 2.61 bits per heavy atom. The molecule has 0 saturated carbocycles. The van der Waals surface area contributed by atoms with Crippen molar-refractivity contribution in [3.63, 3.8) is 0 Å². The van der Waals surface area contributed by atoms with Crippen molar-refractivity contribution in [3.05, 3.63) is 33.9 Å². The van der Waals surface area contributed by atoms with Gasteiger partial charge in [0.1, 0.15) is 12.4 Å². The molecule has 0 saturated heterocycles. The van der Waals surface area contributed by atoms with Gasteiger partial charge >= 0.3 is 18.0 Å². The van der Waals surface area contributed by atoms with Crippen LogP contribution in [0.25, 0.3) is 0 Å². The van der Waals surface area contributed by atoms with E-state index in [4.69, 9.17) is 14.2 Å². The summed E-state index contributed by atoms with van der Waals surface area (Å²) in [5.74, 6) is -0.0784. The maximum atomic E-state index is 12.4. The number of anilines is 1. The number of methoxy groups -OCH3 is 1. The highest BCUT2D eigenvalue weighted by Crippen LogP contribution is 2.41. The summed E-state index contributed by atoms with van der Waals surface area (Å²) in [5.41, 5.74) is 3.99. The molecule has 1 heterocycles. The Morgan fingerprint density at radius 1 is 1.23 bits per heavy atom. The average molecular weight is 433 g/mol. The molecule has 0 bridgehead atoms. The molecule has 0 aromatic heterocycles. The van der Waals surface area contributed by atoms with Gasteiger partial charge in [0.05, 0.1) is 25.0 Å². The van der Waals surface area contributed by atoms with Gasteiger partial charge in [0.2, 0.25) is 0 Å². The standard InChI is InChI=1S/C23H32N2O6/c1-6-12-30-18(26)11-9-14(3)8-10-16-20(25-23(28)24-7-2)19-17(13-31-22(19)27)15(4)21(16)29-5/h8H,6-7,9-13H2,1-5H3,(H2,24,25,28)/b14-8+. The predicted octanol–water partition coefficient (Wildman–Crippen LogP) is 4.04. The van der Waals surface area contributed by atoms with Crippen molar-refractivity contribution < 1.29 is 28.6 Å². The van der Waals surface area contributed by atoms with Crippen LogP contribution in [0.3, 0.4) is 0 Å². The van der Waals surface area contributed by atoms with E-state index in [1.54, 1.807) is 7.11 Å². The van der Waals surface area contributed by atoms with E-state index in [2.05, 4.69) is 10.6 Å². The zero-order valence-corrected chi connectivity index (χ0v) is 19.0. The van der Waals surface area contributed by atoms with Gasteiger partial charge in [0, 0.05) is 24.1 Å². The summed E-state index contributed by atoms with van der Waals surface area (Å²) in [4.78, 5) is 36.5. The Kier molecular flexibility index (Phi) is 8.90. The molecule has 2 rings (SSSR count). The Hall–Kier alpha value is -3.03. The molecule has 8 nitrogen and oxygen atoms in total. The molecule has 1 aliphatic heterocycles. The number of carbonyl (C=O) groups is 3. The van der Waals surface area contributed by atoms with Crippen LogP contribution in [0, 0.1) is 6.92 Å². The van der Waals surface area contributed by atoms with Gasteiger partial charge in [-0.25, -0.2) is 9.59 Å². The van der Waals surface area contributed by atoms with Crippen LogP contribution >= 0.6 is 0 Å². The number of esters is 2. The highest BCUT2D eigenvalue weighted by atomic mass is 16.5. The van der Waals surface area contributed by atoms with Crippen LogP contribution < -0.4 is 15.4 Å². The average Bonchev–Trinajstić information content (AvgIpc) is 3.13. The molecule has 2 amide bonds. The SMILES string of the molecule is CCCOC(=O)CC/C(C)=C/Cc1c(NC(=O)NCC)c2c(c(C)c1OC)COC2=O. The molecule has 1 aromatic carbocycles. The minimum atomic E-state index is -0.465. The summed E-state index contributed by atoms with van der Waals surface area (Å²) in [7, 11) is 1.56. The fourth-order valence-electron chi connectivity index (χ4n) is 3.47. The van der Waals surface area contributed by atoms with Crippen molar-refractivity contribution in [2.75, 3.05) is 25.6 Å². The second-order valence-corrected chi connectivity index (χ2v) is 7.40. The first-order valence-corrected chi connectivity index (χ1v) is 10.6. The Balaban J connectivity index is 2.35. The maximum absolute atomic E-state index is 12.4. The number of fused-ring (bicyclic) bond motifs is 1. The minimum Gasteiger partial charge on any atom is -0.496 e. The molecule has 8 heteroatoms. The molecule has 0 fully saturated rings. The third kappa shape index (κ3) is 5.99. The molecule has 2 N–H and O–H groups in total. The molecule has 0 unspecified atom stereocenters. The first kappa shape index (κ1) is 24.2. The van der Waals surface area contributed by atoms with Gasteiger partial charge in [-0.05, 0) is 45.6 Å². The van der Waals surface area contributed by atoms with E-state index in [-0.39, 0.29) is 12.6 Å². The zero-order valence-electron chi connectivity index (χ0n) is 19.0. The van der Waals surface area contributed by atoms with Crippen LogP contribution in [-0.2, 0) is 27.3 Å². The van der Waals surface area contributed by atoms with Crippen molar-refractivity contribution in [1.29, 1.82) is 0 Å². The van der Waals surface area contributed by atoms with E-state index in [1.807, 2.05) is 33.8 Å². The highest BCUT2D eigenvalue weighted by molar-refractivity contribution is 6.05. The molecule has 0 atom stereocenters. The predicted molar refractivity (Wildman–Crippen MR) is 117 cm³/mol. The van der Waals surface area contributed by atoms with E-state index < -0.39 is 12.0 Å². The minimum absolute atomic E-state index is 0.148. The normalized spacial score (nSPS) is 12.8. The summed E-state index contributed by atoms with van der Waals surface area (Å²) >= 11 is 0. The summed E-state index contributed by atoms with van der Waals surface area (Å²) < 4.78 is 16.0. The third-order valence-electron chi connectivity index (χ3n) is 5.10. The molecular formula is C23H32N2O6. The molecular weight excluding hydrogens is 400 g/mol. The van der Waals surface area contributed by atoms with Crippen molar-refractivity contribution in [2.45, 2.75) is 60.0 Å². The number of allylic oxidation sites excluding steroid dienone is 2. The van der Waals surface area contributed by atoms with Gasteiger partial charge in [-0.15, -0.1) is 0 Å². The van der Waals surface area contributed by atoms with Crippen molar-refractivity contribution in [3.8, 4) is 5.75 Å². The van der Waals surface area contributed by atoms with Crippen molar-refractivity contribution in [2.24, 2.45) is 0 Å². The first-order chi connectivity index (χ1) is 14.8. The number of nitrogens with one attached hydrogen (secondary N) is 2. The Morgan fingerprint density at radius 2 is 1.97 bits per heavy atom. The summed E-state index contributed by atoms with van der Waals surface area (Å²) in [6.45, 7) is 8.60. The largest absolute Gasteiger partial charge is 0.496 e. The fourth-order valence-corrected chi connectivity index (χ4v) is 3.47. The van der Waals surface area contributed by atoms with Crippen LogP contribution in [0.4, 0.5) is 10.5 Å². The lowest BCUT2D eigenvalue weighted by Crippen LogP contribution is -2.29. The molecule has 0 radical (unpaired) electrons. The molecule has 0 spiro atoms.